The minimum absolute atomic E-state index is 0.291. The first-order chi connectivity index (χ1) is 8.12. The first kappa shape index (κ1) is 12.4. The van der Waals surface area contributed by atoms with Crippen LogP contribution in [0.4, 0.5) is 0 Å². The predicted molar refractivity (Wildman–Crippen MR) is 74.9 cm³/mol. The van der Waals surface area contributed by atoms with Gasteiger partial charge in [-0.1, -0.05) is 62.5 Å². The molecule has 0 heterocycles. The zero-order valence-corrected chi connectivity index (χ0v) is 10.9. The quantitative estimate of drug-likeness (QED) is 0.776. The molecule has 0 bridgehead atoms. The molecule has 92 valence electrons. The molecule has 2 rings (SSSR count). The van der Waals surface area contributed by atoms with Crippen LogP contribution >= 0.6 is 0 Å². The third-order valence-corrected chi connectivity index (χ3v) is 3.72. The Balaban J connectivity index is 1.80. The van der Waals surface area contributed by atoms with Crippen LogP contribution in [0.1, 0.15) is 26.7 Å². The molecule has 0 aliphatic heterocycles. The molecule has 0 amide bonds. The van der Waals surface area contributed by atoms with Gasteiger partial charge < -0.3 is 5.32 Å². The lowest BCUT2D eigenvalue weighted by Gasteiger charge is -2.31. The van der Waals surface area contributed by atoms with Crippen LogP contribution in [-0.2, 0) is 0 Å². The third-order valence-electron chi connectivity index (χ3n) is 3.72. The Morgan fingerprint density at radius 3 is 1.65 bits per heavy atom. The monoisotopic (exact) mass is 229 g/mol. The van der Waals surface area contributed by atoms with Crippen molar-refractivity contribution in [1.29, 1.82) is 0 Å². The fraction of sp³-hybridized carbons (Fsp3) is 0.500. The molecule has 0 aromatic carbocycles. The van der Waals surface area contributed by atoms with Crippen molar-refractivity contribution in [1.82, 2.24) is 5.32 Å². The van der Waals surface area contributed by atoms with Crippen LogP contribution in [0, 0.1) is 10.8 Å². The van der Waals surface area contributed by atoms with Gasteiger partial charge in [-0.15, -0.1) is 0 Å². The van der Waals surface area contributed by atoms with Gasteiger partial charge in [-0.3, -0.25) is 0 Å². The van der Waals surface area contributed by atoms with Crippen LogP contribution in [0.15, 0.2) is 48.6 Å². The highest BCUT2D eigenvalue weighted by atomic mass is 14.9. The summed E-state index contributed by atoms with van der Waals surface area (Å²) >= 11 is 0. The SMILES string of the molecule is CC1(CNC[C@@]2(C)C=CC=CC2)C=CC=CC1. The highest BCUT2D eigenvalue weighted by Crippen LogP contribution is 2.28. The van der Waals surface area contributed by atoms with Crippen LogP contribution in [0.2, 0.25) is 0 Å². The Morgan fingerprint density at radius 1 is 0.824 bits per heavy atom. The number of hydrogen-bond donors (Lipinski definition) is 1. The molecule has 1 nitrogen and oxygen atoms in total. The second-order valence-corrected chi connectivity index (χ2v) is 5.89. The maximum absolute atomic E-state index is 3.64. The van der Waals surface area contributed by atoms with Crippen LogP contribution in [0.3, 0.4) is 0 Å². The van der Waals surface area contributed by atoms with Gasteiger partial charge in [0.1, 0.15) is 0 Å². The van der Waals surface area contributed by atoms with Crippen molar-refractivity contribution >= 4 is 0 Å². The van der Waals surface area contributed by atoms with E-state index in [1.165, 1.54) is 0 Å². The van der Waals surface area contributed by atoms with Gasteiger partial charge in [0, 0.05) is 23.9 Å². The number of nitrogens with one attached hydrogen (secondary N) is 1. The molecule has 17 heavy (non-hydrogen) atoms. The molecule has 0 saturated heterocycles. The molecular formula is C16H23N. The van der Waals surface area contributed by atoms with Crippen LogP contribution < -0.4 is 5.32 Å². The highest BCUT2D eigenvalue weighted by Gasteiger charge is 2.24. The minimum atomic E-state index is 0.291. The molecule has 1 unspecified atom stereocenters. The van der Waals surface area contributed by atoms with E-state index >= 15 is 0 Å². The lowest BCUT2D eigenvalue weighted by Crippen LogP contribution is -2.37. The molecule has 1 heteroatoms. The van der Waals surface area contributed by atoms with E-state index < -0.39 is 0 Å². The van der Waals surface area contributed by atoms with Gasteiger partial charge in [-0.25, -0.2) is 0 Å². The fourth-order valence-electron chi connectivity index (χ4n) is 2.44. The molecule has 0 fully saturated rings. The Hall–Kier alpha value is -1.08. The topological polar surface area (TPSA) is 12.0 Å². The van der Waals surface area contributed by atoms with Crippen LogP contribution in [-0.4, -0.2) is 13.1 Å². The Kier molecular flexibility index (Phi) is 3.68. The predicted octanol–water partition coefficient (Wildman–Crippen LogP) is 3.62. The zero-order chi connectivity index (χ0) is 12.2. The molecule has 0 radical (unpaired) electrons. The standard InChI is InChI=1S/C16H23N/c1-15(9-5-3-6-10-15)13-17-14-16(2)11-7-4-8-12-16/h3-9,11,17H,10,12-14H2,1-2H3/t15-,16?/m0/s1. The summed E-state index contributed by atoms with van der Waals surface area (Å²) in [6, 6.07) is 0. The van der Waals surface area contributed by atoms with Gasteiger partial charge in [0.2, 0.25) is 0 Å². The van der Waals surface area contributed by atoms with Gasteiger partial charge in [0.25, 0.3) is 0 Å². The molecule has 0 aromatic rings. The highest BCUT2D eigenvalue weighted by molar-refractivity contribution is 5.17. The Morgan fingerprint density at radius 2 is 1.29 bits per heavy atom. The van der Waals surface area contributed by atoms with Crippen LogP contribution in [0.25, 0.3) is 0 Å². The first-order valence-electron chi connectivity index (χ1n) is 6.52. The summed E-state index contributed by atoms with van der Waals surface area (Å²) in [5, 5.41) is 3.64. The minimum Gasteiger partial charge on any atom is -0.315 e. The van der Waals surface area contributed by atoms with E-state index in [0.29, 0.717) is 10.8 Å². The zero-order valence-electron chi connectivity index (χ0n) is 10.9. The van der Waals surface area contributed by atoms with Gasteiger partial charge in [-0.2, -0.15) is 0 Å². The molecule has 0 aromatic heterocycles. The van der Waals surface area contributed by atoms with E-state index in [-0.39, 0.29) is 0 Å². The van der Waals surface area contributed by atoms with Crippen molar-refractivity contribution in [3.63, 3.8) is 0 Å². The summed E-state index contributed by atoms with van der Waals surface area (Å²) in [6.45, 7) is 6.75. The molecule has 2 atom stereocenters. The Bertz CT molecular complexity index is 339. The van der Waals surface area contributed by atoms with E-state index in [1.807, 2.05) is 0 Å². The third kappa shape index (κ3) is 3.44. The fourth-order valence-corrected chi connectivity index (χ4v) is 2.44. The van der Waals surface area contributed by atoms with E-state index in [4.69, 9.17) is 0 Å². The smallest absolute Gasteiger partial charge is 0.00433 e. The van der Waals surface area contributed by atoms with Crippen molar-refractivity contribution in [2.45, 2.75) is 26.7 Å². The van der Waals surface area contributed by atoms with Crippen molar-refractivity contribution < 1.29 is 0 Å². The summed E-state index contributed by atoms with van der Waals surface area (Å²) in [5.41, 5.74) is 0.582. The molecule has 0 saturated carbocycles. The summed E-state index contributed by atoms with van der Waals surface area (Å²) in [7, 11) is 0. The van der Waals surface area contributed by atoms with E-state index in [0.717, 1.165) is 25.9 Å². The van der Waals surface area contributed by atoms with E-state index in [2.05, 4.69) is 67.8 Å². The summed E-state index contributed by atoms with van der Waals surface area (Å²) in [5.74, 6) is 0. The van der Waals surface area contributed by atoms with Crippen molar-refractivity contribution in [2.24, 2.45) is 10.8 Å². The normalized spacial score (nSPS) is 35.4. The average Bonchev–Trinajstić information content (AvgIpc) is 2.30. The second-order valence-electron chi connectivity index (χ2n) is 5.89. The van der Waals surface area contributed by atoms with Gasteiger partial charge in [0.15, 0.2) is 0 Å². The molecule has 2 aliphatic carbocycles. The molecular weight excluding hydrogens is 206 g/mol. The van der Waals surface area contributed by atoms with Crippen molar-refractivity contribution in [3.8, 4) is 0 Å². The number of hydrogen-bond acceptors (Lipinski definition) is 1. The largest absolute Gasteiger partial charge is 0.315 e. The number of rotatable bonds is 4. The van der Waals surface area contributed by atoms with Gasteiger partial charge >= 0.3 is 0 Å². The summed E-state index contributed by atoms with van der Waals surface area (Å²) in [6.07, 6.45) is 20.0. The molecule has 1 N–H and O–H groups in total. The van der Waals surface area contributed by atoms with Gasteiger partial charge in [0.05, 0.1) is 0 Å². The van der Waals surface area contributed by atoms with Crippen molar-refractivity contribution in [3.05, 3.63) is 48.6 Å². The average molecular weight is 229 g/mol. The molecule has 2 aliphatic rings. The summed E-state index contributed by atoms with van der Waals surface area (Å²) in [4.78, 5) is 0. The maximum atomic E-state index is 3.64. The summed E-state index contributed by atoms with van der Waals surface area (Å²) < 4.78 is 0. The van der Waals surface area contributed by atoms with Crippen LogP contribution in [0.5, 0.6) is 0 Å². The lowest BCUT2D eigenvalue weighted by molar-refractivity contribution is 0.336. The Labute approximate surface area is 105 Å². The van der Waals surface area contributed by atoms with E-state index in [9.17, 15) is 0 Å². The lowest BCUT2D eigenvalue weighted by atomic mass is 9.81. The van der Waals surface area contributed by atoms with E-state index in [1.54, 1.807) is 0 Å². The second kappa shape index (κ2) is 5.05. The van der Waals surface area contributed by atoms with Crippen molar-refractivity contribution in [2.75, 3.05) is 13.1 Å². The molecule has 0 spiro atoms. The van der Waals surface area contributed by atoms with Gasteiger partial charge in [-0.05, 0) is 12.8 Å². The first-order valence-corrected chi connectivity index (χ1v) is 6.52. The number of allylic oxidation sites excluding steroid dienone is 6. The maximum Gasteiger partial charge on any atom is 0.00433 e.